The minimum atomic E-state index is -0.617. The van der Waals surface area contributed by atoms with Crippen LogP contribution in [-0.4, -0.2) is 30.5 Å². The van der Waals surface area contributed by atoms with Crippen molar-refractivity contribution in [3.63, 3.8) is 0 Å². The lowest BCUT2D eigenvalue weighted by atomic mass is 10.0. The van der Waals surface area contributed by atoms with Crippen LogP contribution in [0.4, 0.5) is 0 Å². The van der Waals surface area contributed by atoms with Gasteiger partial charge in [-0.2, -0.15) is 0 Å². The van der Waals surface area contributed by atoms with Crippen LogP contribution in [0.3, 0.4) is 0 Å². The van der Waals surface area contributed by atoms with Gasteiger partial charge in [0.25, 0.3) is 0 Å². The Morgan fingerprint density at radius 3 is 2.39 bits per heavy atom. The maximum Gasteiger partial charge on any atom is 0.339 e. The highest BCUT2D eigenvalue weighted by atomic mass is 35.5. The number of ether oxygens (including phenoxy) is 2. The van der Waals surface area contributed by atoms with E-state index >= 15 is 0 Å². The first kappa shape index (κ1) is 20.6. The fourth-order valence-corrected chi connectivity index (χ4v) is 3.43. The number of halogens is 1. The minimum absolute atomic E-state index is 0.300. The number of para-hydroxylation sites is 1. The quantitative estimate of drug-likeness (QED) is 0.293. The molecule has 31 heavy (non-hydrogen) atoms. The number of hydrogen-bond donors (Lipinski definition) is 0. The van der Waals surface area contributed by atoms with Crippen molar-refractivity contribution in [2.24, 2.45) is 0 Å². The number of nitrogens with zero attached hydrogens (tertiary/aromatic N) is 1. The van der Waals surface area contributed by atoms with Crippen LogP contribution in [0.5, 0.6) is 5.75 Å². The number of esters is 1. The molecule has 0 saturated carbocycles. The predicted molar refractivity (Wildman–Crippen MR) is 120 cm³/mol. The van der Waals surface area contributed by atoms with Gasteiger partial charge in [0.05, 0.1) is 28.9 Å². The molecule has 4 rings (SSSR count). The fraction of sp³-hybridized carbons (Fsp3) is 0.0800. The normalized spacial score (nSPS) is 10.6. The van der Waals surface area contributed by atoms with Crippen LogP contribution in [0.2, 0.25) is 5.02 Å². The maximum atomic E-state index is 12.9. The highest BCUT2D eigenvalue weighted by molar-refractivity contribution is 6.35. The smallest absolute Gasteiger partial charge is 0.339 e. The first-order chi connectivity index (χ1) is 15.1. The summed E-state index contributed by atoms with van der Waals surface area (Å²) >= 11 is 6.35. The second kappa shape index (κ2) is 8.98. The van der Waals surface area contributed by atoms with Gasteiger partial charge in [-0.1, -0.05) is 54.1 Å². The average Bonchev–Trinajstić information content (AvgIpc) is 2.82. The maximum absolute atomic E-state index is 12.9. The van der Waals surface area contributed by atoms with Gasteiger partial charge in [0, 0.05) is 16.5 Å². The lowest BCUT2D eigenvalue weighted by Gasteiger charge is -2.11. The largest absolute Gasteiger partial charge is 0.497 e. The SMILES string of the molecule is COc1ccc(C(=O)COC(=O)c2cc(-c3ccccc3)nc3c(Cl)cccc23)cc1. The zero-order valence-electron chi connectivity index (χ0n) is 16.7. The van der Waals surface area contributed by atoms with Crippen LogP contribution in [0.1, 0.15) is 20.7 Å². The second-order valence-corrected chi connectivity index (χ2v) is 7.19. The summed E-state index contributed by atoms with van der Waals surface area (Å²) in [4.78, 5) is 30.0. The number of carbonyl (C=O) groups excluding carboxylic acids is 2. The van der Waals surface area contributed by atoms with Crippen molar-refractivity contribution in [1.82, 2.24) is 4.98 Å². The van der Waals surface area contributed by atoms with E-state index < -0.39 is 5.97 Å². The van der Waals surface area contributed by atoms with Gasteiger partial charge >= 0.3 is 5.97 Å². The average molecular weight is 432 g/mol. The van der Waals surface area contributed by atoms with Gasteiger partial charge in [0.15, 0.2) is 12.4 Å². The summed E-state index contributed by atoms with van der Waals surface area (Å²) in [7, 11) is 1.55. The summed E-state index contributed by atoms with van der Waals surface area (Å²) in [6.07, 6.45) is 0. The molecule has 0 N–H and O–H groups in total. The van der Waals surface area contributed by atoms with E-state index in [1.54, 1.807) is 55.6 Å². The molecule has 1 aromatic heterocycles. The number of Topliss-reactive ketones (excluding diaryl/α,β-unsaturated/α-hetero) is 1. The number of carbonyl (C=O) groups is 2. The van der Waals surface area contributed by atoms with Crippen molar-refractivity contribution in [3.8, 4) is 17.0 Å². The number of rotatable bonds is 6. The molecule has 0 aliphatic carbocycles. The molecule has 0 amide bonds. The molecule has 0 bridgehead atoms. The molecule has 154 valence electrons. The van der Waals surface area contributed by atoms with Crippen molar-refractivity contribution < 1.29 is 19.1 Å². The van der Waals surface area contributed by atoms with Crippen molar-refractivity contribution in [3.05, 3.63) is 95.0 Å². The van der Waals surface area contributed by atoms with E-state index in [0.717, 1.165) is 5.56 Å². The van der Waals surface area contributed by atoms with Gasteiger partial charge in [0.2, 0.25) is 0 Å². The third kappa shape index (κ3) is 4.42. The Labute approximate surface area is 184 Å². The summed E-state index contributed by atoms with van der Waals surface area (Å²) < 4.78 is 10.4. The zero-order valence-corrected chi connectivity index (χ0v) is 17.4. The Hall–Kier alpha value is -3.70. The van der Waals surface area contributed by atoms with E-state index in [2.05, 4.69) is 4.98 Å². The van der Waals surface area contributed by atoms with Gasteiger partial charge < -0.3 is 9.47 Å². The lowest BCUT2D eigenvalue weighted by Crippen LogP contribution is -2.15. The van der Waals surface area contributed by atoms with E-state index in [-0.39, 0.29) is 12.4 Å². The molecule has 0 saturated heterocycles. The van der Waals surface area contributed by atoms with Gasteiger partial charge in [-0.15, -0.1) is 0 Å². The van der Waals surface area contributed by atoms with Crippen molar-refractivity contribution in [2.45, 2.75) is 0 Å². The molecule has 5 nitrogen and oxygen atoms in total. The second-order valence-electron chi connectivity index (χ2n) is 6.78. The number of benzene rings is 3. The van der Waals surface area contributed by atoms with Crippen molar-refractivity contribution in [2.75, 3.05) is 13.7 Å². The monoisotopic (exact) mass is 431 g/mol. The number of hydrogen-bond acceptors (Lipinski definition) is 5. The number of aromatic nitrogens is 1. The van der Waals surface area contributed by atoms with Gasteiger partial charge in [-0.25, -0.2) is 9.78 Å². The van der Waals surface area contributed by atoms with Crippen LogP contribution in [-0.2, 0) is 4.74 Å². The van der Waals surface area contributed by atoms with Gasteiger partial charge in [-0.3, -0.25) is 4.79 Å². The van der Waals surface area contributed by atoms with E-state index in [4.69, 9.17) is 21.1 Å². The molecule has 0 radical (unpaired) electrons. The predicted octanol–water partition coefficient (Wildman–Crippen LogP) is 5.60. The molecule has 0 spiro atoms. The molecule has 0 unspecified atom stereocenters. The summed E-state index contributed by atoms with van der Waals surface area (Å²) in [6, 6.07) is 23.0. The molecule has 0 aliphatic rings. The third-order valence-corrected chi connectivity index (χ3v) is 5.13. The summed E-state index contributed by atoms with van der Waals surface area (Å²) in [6.45, 7) is -0.379. The molecule has 4 aromatic rings. The van der Waals surface area contributed by atoms with Crippen LogP contribution in [0.15, 0.2) is 78.9 Å². The Kier molecular flexibility index (Phi) is 5.96. The molecule has 0 fully saturated rings. The molecular weight excluding hydrogens is 414 g/mol. The highest BCUT2D eigenvalue weighted by Crippen LogP contribution is 2.29. The number of pyridine rings is 1. The van der Waals surface area contributed by atoms with E-state index in [1.165, 1.54) is 0 Å². The number of fused-ring (bicyclic) bond motifs is 1. The standard InChI is InChI=1S/C25H18ClNO4/c1-30-18-12-10-17(11-13-18)23(28)15-31-25(29)20-14-22(16-6-3-2-4-7-16)27-24-19(20)8-5-9-21(24)26/h2-14H,15H2,1H3. The third-order valence-electron chi connectivity index (χ3n) is 4.83. The van der Waals surface area contributed by atoms with Crippen LogP contribution >= 0.6 is 11.6 Å². The summed E-state index contributed by atoms with van der Waals surface area (Å²) in [5.41, 5.74) is 2.66. The summed E-state index contributed by atoms with van der Waals surface area (Å²) in [5, 5.41) is 0.993. The molecule has 0 aliphatic heterocycles. The molecule has 3 aromatic carbocycles. The molecule has 0 atom stereocenters. The van der Waals surface area contributed by atoms with Crippen LogP contribution in [0.25, 0.3) is 22.2 Å². The Morgan fingerprint density at radius 1 is 0.935 bits per heavy atom. The Balaban J connectivity index is 1.63. The van der Waals surface area contributed by atoms with E-state index in [0.29, 0.717) is 38.5 Å². The minimum Gasteiger partial charge on any atom is -0.497 e. The molecule has 6 heteroatoms. The first-order valence-electron chi connectivity index (χ1n) is 9.56. The van der Waals surface area contributed by atoms with E-state index in [1.807, 2.05) is 30.3 Å². The topological polar surface area (TPSA) is 65.5 Å². The first-order valence-corrected chi connectivity index (χ1v) is 9.93. The molecule has 1 heterocycles. The fourth-order valence-electron chi connectivity index (χ4n) is 3.21. The van der Waals surface area contributed by atoms with Crippen molar-refractivity contribution >= 4 is 34.3 Å². The van der Waals surface area contributed by atoms with Crippen molar-refractivity contribution in [1.29, 1.82) is 0 Å². The Morgan fingerprint density at radius 2 is 1.68 bits per heavy atom. The Bertz CT molecular complexity index is 1250. The number of ketones is 1. The highest BCUT2D eigenvalue weighted by Gasteiger charge is 2.18. The van der Waals surface area contributed by atoms with E-state index in [9.17, 15) is 9.59 Å². The van der Waals surface area contributed by atoms with Crippen LogP contribution < -0.4 is 4.74 Å². The van der Waals surface area contributed by atoms with Crippen LogP contribution in [0, 0.1) is 0 Å². The lowest BCUT2D eigenvalue weighted by molar-refractivity contribution is 0.0476. The summed E-state index contributed by atoms with van der Waals surface area (Å²) in [5.74, 6) is -0.286. The van der Waals surface area contributed by atoms with Gasteiger partial charge in [0.1, 0.15) is 5.75 Å². The number of methoxy groups -OCH3 is 1. The van der Waals surface area contributed by atoms with Gasteiger partial charge in [-0.05, 0) is 36.4 Å². The molecular formula is C25H18ClNO4. The zero-order chi connectivity index (χ0) is 21.8.